The van der Waals surface area contributed by atoms with Crippen molar-refractivity contribution in [2.24, 2.45) is 0 Å². The number of aromatic nitrogens is 2. The molecule has 9 heteroatoms. The third-order valence-electron chi connectivity index (χ3n) is 3.94. The van der Waals surface area contributed by atoms with E-state index in [-0.39, 0.29) is 17.5 Å². The van der Waals surface area contributed by atoms with Crippen molar-refractivity contribution >= 4 is 12.0 Å². The van der Waals surface area contributed by atoms with Crippen LogP contribution in [0, 0.1) is 0 Å². The van der Waals surface area contributed by atoms with Crippen LogP contribution in [0.15, 0.2) is 59.0 Å². The van der Waals surface area contributed by atoms with E-state index in [9.17, 15) is 13.6 Å². The first-order valence-corrected chi connectivity index (χ1v) is 8.86. The largest absolute Gasteiger partial charge is 0.497 e. The summed E-state index contributed by atoms with van der Waals surface area (Å²) in [5.41, 5.74) is 1.31. The second-order valence-corrected chi connectivity index (χ2v) is 6.03. The lowest BCUT2D eigenvalue weighted by Crippen LogP contribution is -2.06. The highest BCUT2D eigenvalue weighted by atomic mass is 19.3. The number of halogens is 2. The van der Waals surface area contributed by atoms with Gasteiger partial charge in [0.1, 0.15) is 11.5 Å². The van der Waals surface area contributed by atoms with E-state index in [1.54, 1.807) is 38.3 Å². The smallest absolute Gasteiger partial charge is 0.387 e. The van der Waals surface area contributed by atoms with Gasteiger partial charge in [-0.2, -0.15) is 8.78 Å². The normalized spacial score (nSPS) is 12.2. The standard InChI is InChI=1S/C21H18F2N2O5/c1-13(19-24-25-20(30-19)15-6-10-16(27-2)11-7-15)28-18(26)12-5-14-3-8-17(9-4-14)29-21(22)23/h3-13,21H,1-2H3/b12-5+/t13-/m1/s1. The van der Waals surface area contributed by atoms with Gasteiger partial charge in [-0.25, -0.2) is 4.79 Å². The van der Waals surface area contributed by atoms with E-state index in [0.717, 1.165) is 0 Å². The Morgan fingerprint density at radius 2 is 1.70 bits per heavy atom. The molecule has 0 aliphatic heterocycles. The molecule has 0 aliphatic carbocycles. The van der Waals surface area contributed by atoms with Gasteiger partial charge in [0, 0.05) is 11.6 Å². The molecular weight excluding hydrogens is 398 g/mol. The SMILES string of the molecule is COc1ccc(-c2nnc([C@@H](C)OC(=O)/C=C/c3ccc(OC(F)F)cc3)o2)cc1. The summed E-state index contributed by atoms with van der Waals surface area (Å²) in [4.78, 5) is 12.0. The van der Waals surface area contributed by atoms with Gasteiger partial charge in [-0.15, -0.1) is 10.2 Å². The van der Waals surface area contributed by atoms with E-state index in [1.165, 1.54) is 36.4 Å². The zero-order valence-electron chi connectivity index (χ0n) is 16.1. The Balaban J connectivity index is 1.57. The molecule has 0 saturated heterocycles. The van der Waals surface area contributed by atoms with Crippen LogP contribution in [0.4, 0.5) is 8.78 Å². The summed E-state index contributed by atoms with van der Waals surface area (Å²) in [7, 11) is 1.57. The van der Waals surface area contributed by atoms with E-state index >= 15 is 0 Å². The van der Waals surface area contributed by atoms with Gasteiger partial charge < -0.3 is 18.6 Å². The second-order valence-electron chi connectivity index (χ2n) is 6.03. The Bertz CT molecular complexity index is 1000. The van der Waals surface area contributed by atoms with Crippen molar-refractivity contribution < 1.29 is 32.2 Å². The number of rotatable bonds is 8. The lowest BCUT2D eigenvalue weighted by atomic mass is 10.2. The highest BCUT2D eigenvalue weighted by molar-refractivity contribution is 5.87. The van der Waals surface area contributed by atoms with Gasteiger partial charge in [0.2, 0.25) is 5.89 Å². The molecule has 3 rings (SSSR count). The van der Waals surface area contributed by atoms with Crippen LogP contribution in [-0.4, -0.2) is 29.9 Å². The van der Waals surface area contributed by atoms with Gasteiger partial charge in [0.15, 0.2) is 6.10 Å². The average molecular weight is 416 g/mol. The maximum atomic E-state index is 12.1. The van der Waals surface area contributed by atoms with E-state index < -0.39 is 18.7 Å². The third kappa shape index (κ3) is 5.63. The summed E-state index contributed by atoms with van der Waals surface area (Å²) in [6.07, 6.45) is 1.93. The Labute approximate surface area is 170 Å². The minimum Gasteiger partial charge on any atom is -0.497 e. The first-order chi connectivity index (χ1) is 14.4. The van der Waals surface area contributed by atoms with Crippen molar-refractivity contribution in [1.82, 2.24) is 10.2 Å². The number of methoxy groups -OCH3 is 1. The first kappa shape index (κ1) is 21.0. The molecule has 30 heavy (non-hydrogen) atoms. The van der Waals surface area contributed by atoms with Crippen LogP contribution in [0.25, 0.3) is 17.5 Å². The quantitative estimate of drug-likeness (QED) is 0.390. The predicted octanol–water partition coefficient (Wildman–Crippen LogP) is 4.66. The summed E-state index contributed by atoms with van der Waals surface area (Å²) in [6, 6.07) is 12.9. The molecule has 0 aliphatic rings. The number of nitrogens with zero attached hydrogens (tertiary/aromatic N) is 2. The number of carbonyl (C=O) groups is 1. The zero-order chi connectivity index (χ0) is 21.5. The van der Waals surface area contributed by atoms with Crippen LogP contribution in [0.2, 0.25) is 0 Å². The third-order valence-corrected chi connectivity index (χ3v) is 3.94. The molecule has 0 fully saturated rings. The van der Waals surface area contributed by atoms with Crippen LogP contribution in [0.1, 0.15) is 24.5 Å². The minimum atomic E-state index is -2.89. The number of esters is 1. The number of hydrogen-bond acceptors (Lipinski definition) is 7. The van der Waals surface area contributed by atoms with Crippen LogP contribution in [0.3, 0.4) is 0 Å². The Morgan fingerprint density at radius 3 is 2.33 bits per heavy atom. The number of carbonyl (C=O) groups excluding carboxylic acids is 1. The average Bonchev–Trinajstić information content (AvgIpc) is 3.23. The molecule has 0 bridgehead atoms. The molecule has 0 unspecified atom stereocenters. The fourth-order valence-electron chi connectivity index (χ4n) is 2.44. The number of alkyl halides is 2. The molecule has 1 heterocycles. The van der Waals surface area contributed by atoms with Crippen molar-refractivity contribution in [3.05, 3.63) is 66.1 Å². The molecular formula is C21H18F2N2O5. The Morgan fingerprint density at radius 1 is 1.03 bits per heavy atom. The molecule has 1 atom stereocenters. The summed E-state index contributed by atoms with van der Waals surface area (Å²) >= 11 is 0. The molecule has 0 saturated carbocycles. The highest BCUT2D eigenvalue weighted by Crippen LogP contribution is 2.24. The van der Waals surface area contributed by atoms with Gasteiger partial charge in [-0.1, -0.05) is 12.1 Å². The summed E-state index contributed by atoms with van der Waals surface area (Å²) in [5, 5.41) is 7.88. The maximum absolute atomic E-state index is 12.1. The van der Waals surface area contributed by atoms with Crippen molar-refractivity contribution in [3.63, 3.8) is 0 Å². The van der Waals surface area contributed by atoms with Crippen LogP contribution >= 0.6 is 0 Å². The first-order valence-electron chi connectivity index (χ1n) is 8.86. The lowest BCUT2D eigenvalue weighted by Gasteiger charge is -2.07. The molecule has 0 radical (unpaired) electrons. The molecule has 2 aromatic carbocycles. The number of benzene rings is 2. The van der Waals surface area contributed by atoms with Crippen LogP contribution in [0.5, 0.6) is 11.5 Å². The summed E-state index contributed by atoms with van der Waals surface area (Å²) in [5.74, 6) is 0.541. The lowest BCUT2D eigenvalue weighted by molar-refractivity contribution is -0.143. The molecule has 0 spiro atoms. The van der Waals surface area contributed by atoms with Gasteiger partial charge in [-0.05, 0) is 55.0 Å². The fourth-order valence-corrected chi connectivity index (χ4v) is 2.44. The van der Waals surface area contributed by atoms with Crippen molar-refractivity contribution in [1.29, 1.82) is 0 Å². The summed E-state index contributed by atoms with van der Waals surface area (Å²) < 4.78 is 44.5. The van der Waals surface area contributed by atoms with Gasteiger partial charge in [0.25, 0.3) is 5.89 Å². The van der Waals surface area contributed by atoms with Gasteiger partial charge >= 0.3 is 12.6 Å². The maximum Gasteiger partial charge on any atom is 0.387 e. The molecule has 3 aromatic rings. The molecule has 0 amide bonds. The summed E-state index contributed by atoms with van der Waals surface area (Å²) in [6.45, 7) is -1.29. The molecule has 156 valence electrons. The van der Waals surface area contributed by atoms with Crippen LogP contribution in [-0.2, 0) is 9.53 Å². The van der Waals surface area contributed by atoms with Crippen LogP contribution < -0.4 is 9.47 Å². The Kier molecular flexibility index (Phi) is 6.74. The van der Waals surface area contributed by atoms with Crippen molar-refractivity contribution in [2.45, 2.75) is 19.6 Å². The highest BCUT2D eigenvalue weighted by Gasteiger charge is 2.18. The van der Waals surface area contributed by atoms with E-state index in [4.69, 9.17) is 13.9 Å². The topological polar surface area (TPSA) is 83.7 Å². The van der Waals surface area contributed by atoms with E-state index in [1.807, 2.05) is 0 Å². The van der Waals surface area contributed by atoms with E-state index in [0.29, 0.717) is 16.9 Å². The van der Waals surface area contributed by atoms with Gasteiger partial charge in [0.05, 0.1) is 7.11 Å². The predicted molar refractivity (Wildman–Crippen MR) is 103 cm³/mol. The minimum absolute atomic E-state index is 0.0300. The second kappa shape index (κ2) is 9.64. The zero-order valence-corrected chi connectivity index (χ0v) is 16.1. The van der Waals surface area contributed by atoms with Gasteiger partial charge in [-0.3, -0.25) is 0 Å². The molecule has 0 N–H and O–H groups in total. The van der Waals surface area contributed by atoms with E-state index in [2.05, 4.69) is 14.9 Å². The Hall–Kier alpha value is -3.75. The van der Waals surface area contributed by atoms with Crippen molar-refractivity contribution in [2.75, 3.05) is 7.11 Å². The molecule has 7 nitrogen and oxygen atoms in total. The fraction of sp³-hybridized carbons (Fsp3) is 0.190. The monoisotopic (exact) mass is 416 g/mol. The number of hydrogen-bond donors (Lipinski definition) is 0. The number of ether oxygens (including phenoxy) is 3. The molecule has 1 aromatic heterocycles. The van der Waals surface area contributed by atoms with Crippen molar-refractivity contribution in [3.8, 4) is 23.0 Å².